The van der Waals surface area contributed by atoms with E-state index in [-0.39, 0.29) is 12.0 Å². The van der Waals surface area contributed by atoms with Crippen LogP contribution in [0.25, 0.3) is 5.57 Å². The number of pyridine rings is 1. The van der Waals surface area contributed by atoms with Crippen molar-refractivity contribution in [3.8, 4) is 0 Å². The lowest BCUT2D eigenvalue weighted by Gasteiger charge is -2.29. The zero-order valence-electron chi connectivity index (χ0n) is 15.0. The Hall–Kier alpha value is -2.37. The van der Waals surface area contributed by atoms with Crippen LogP contribution in [-0.4, -0.2) is 59.6 Å². The van der Waals surface area contributed by atoms with Crippen molar-refractivity contribution < 1.29 is 14.3 Å². The van der Waals surface area contributed by atoms with Crippen molar-refractivity contribution in [2.75, 3.05) is 27.2 Å². The van der Waals surface area contributed by atoms with Crippen LogP contribution in [0.5, 0.6) is 0 Å². The summed E-state index contributed by atoms with van der Waals surface area (Å²) < 4.78 is 5.38. The van der Waals surface area contributed by atoms with Gasteiger partial charge < -0.3 is 14.5 Å². The van der Waals surface area contributed by atoms with E-state index >= 15 is 0 Å². The number of carbonyl (C=O) groups is 2. The fourth-order valence-corrected chi connectivity index (χ4v) is 2.36. The number of aromatic nitrogens is 1. The van der Waals surface area contributed by atoms with Crippen LogP contribution in [0.1, 0.15) is 43.2 Å². The summed E-state index contributed by atoms with van der Waals surface area (Å²) in [5.41, 5.74) is 2.00. The molecule has 0 fully saturated rings. The standard InChI is InChI=1S/C18H25N3O3/c1-18(2,3)24-17(23)21-10-8-13(9-11-21)15-7-6-14(12-19-15)16(22)20(4)5/h6-8,12H,9-11H2,1-5H3. The monoisotopic (exact) mass is 331 g/mol. The molecule has 1 aromatic heterocycles. The van der Waals surface area contributed by atoms with Crippen LogP contribution in [0.3, 0.4) is 0 Å². The molecule has 6 heteroatoms. The number of ether oxygens (including phenoxy) is 1. The smallest absolute Gasteiger partial charge is 0.410 e. The maximum Gasteiger partial charge on any atom is 0.410 e. The molecule has 130 valence electrons. The summed E-state index contributed by atoms with van der Waals surface area (Å²) in [5.74, 6) is -0.0669. The van der Waals surface area contributed by atoms with Gasteiger partial charge in [0.2, 0.25) is 0 Å². The predicted octanol–water partition coefficient (Wildman–Crippen LogP) is 2.81. The van der Waals surface area contributed by atoms with E-state index in [0.717, 1.165) is 11.3 Å². The maximum absolute atomic E-state index is 12.1. The molecule has 0 saturated heterocycles. The highest BCUT2D eigenvalue weighted by molar-refractivity contribution is 5.93. The molecule has 2 amide bonds. The predicted molar refractivity (Wildman–Crippen MR) is 92.7 cm³/mol. The Kier molecular flexibility index (Phi) is 5.26. The Morgan fingerprint density at radius 3 is 2.42 bits per heavy atom. The number of hydrogen-bond acceptors (Lipinski definition) is 4. The summed E-state index contributed by atoms with van der Waals surface area (Å²) in [7, 11) is 3.43. The fraction of sp³-hybridized carbons (Fsp3) is 0.500. The van der Waals surface area contributed by atoms with E-state index in [1.54, 1.807) is 31.3 Å². The number of amides is 2. The van der Waals surface area contributed by atoms with Crippen molar-refractivity contribution in [1.82, 2.24) is 14.8 Å². The van der Waals surface area contributed by atoms with Crippen LogP contribution >= 0.6 is 0 Å². The highest BCUT2D eigenvalue weighted by atomic mass is 16.6. The van der Waals surface area contributed by atoms with E-state index < -0.39 is 5.60 Å². The summed E-state index contributed by atoms with van der Waals surface area (Å²) in [6.45, 7) is 6.68. The largest absolute Gasteiger partial charge is 0.444 e. The molecule has 1 aliphatic heterocycles. The number of hydrogen-bond donors (Lipinski definition) is 0. The molecule has 0 aromatic carbocycles. The highest BCUT2D eigenvalue weighted by Gasteiger charge is 2.24. The van der Waals surface area contributed by atoms with Gasteiger partial charge in [-0.15, -0.1) is 0 Å². The Labute approximate surface area is 143 Å². The molecule has 0 unspecified atom stereocenters. The van der Waals surface area contributed by atoms with E-state index in [1.165, 1.54) is 4.90 Å². The van der Waals surface area contributed by atoms with E-state index in [4.69, 9.17) is 4.74 Å². The second kappa shape index (κ2) is 7.03. The fourth-order valence-electron chi connectivity index (χ4n) is 2.36. The van der Waals surface area contributed by atoms with Gasteiger partial charge in [-0.2, -0.15) is 0 Å². The van der Waals surface area contributed by atoms with Gasteiger partial charge in [0.05, 0.1) is 11.3 Å². The molecule has 1 aliphatic rings. The van der Waals surface area contributed by atoms with Crippen LogP contribution in [0, 0.1) is 0 Å². The van der Waals surface area contributed by atoms with Gasteiger partial charge in [-0.25, -0.2) is 4.79 Å². The van der Waals surface area contributed by atoms with E-state index in [0.29, 0.717) is 25.1 Å². The van der Waals surface area contributed by atoms with Crippen LogP contribution in [0.4, 0.5) is 4.79 Å². The molecule has 0 spiro atoms. The Bertz CT molecular complexity index is 642. The number of nitrogens with zero attached hydrogens (tertiary/aromatic N) is 3. The van der Waals surface area contributed by atoms with Gasteiger partial charge >= 0.3 is 6.09 Å². The highest BCUT2D eigenvalue weighted by Crippen LogP contribution is 2.22. The second-order valence-corrected chi connectivity index (χ2v) is 7.04. The molecular formula is C18H25N3O3. The average molecular weight is 331 g/mol. The molecular weight excluding hydrogens is 306 g/mol. The van der Waals surface area contributed by atoms with Gasteiger partial charge in [0, 0.05) is 33.4 Å². The summed E-state index contributed by atoms with van der Waals surface area (Å²) in [5, 5.41) is 0. The van der Waals surface area contributed by atoms with Gasteiger partial charge in [-0.05, 0) is 44.9 Å². The molecule has 1 aromatic rings. The van der Waals surface area contributed by atoms with Gasteiger partial charge in [0.25, 0.3) is 5.91 Å². The zero-order chi connectivity index (χ0) is 17.9. The third-order valence-corrected chi connectivity index (χ3v) is 3.61. The van der Waals surface area contributed by atoms with Crippen molar-refractivity contribution in [3.63, 3.8) is 0 Å². The summed E-state index contributed by atoms with van der Waals surface area (Å²) in [6, 6.07) is 3.64. The molecule has 2 heterocycles. The lowest BCUT2D eigenvalue weighted by Crippen LogP contribution is -2.39. The lowest BCUT2D eigenvalue weighted by atomic mass is 10.0. The Morgan fingerprint density at radius 1 is 1.25 bits per heavy atom. The number of carbonyl (C=O) groups excluding carboxylic acids is 2. The molecule has 0 saturated carbocycles. The molecule has 0 aliphatic carbocycles. The first-order valence-electron chi connectivity index (χ1n) is 8.02. The molecule has 6 nitrogen and oxygen atoms in total. The van der Waals surface area contributed by atoms with Crippen molar-refractivity contribution in [2.24, 2.45) is 0 Å². The molecule has 0 atom stereocenters. The van der Waals surface area contributed by atoms with Gasteiger partial charge in [0.15, 0.2) is 0 Å². The first-order chi connectivity index (χ1) is 11.2. The molecule has 0 radical (unpaired) electrons. The number of rotatable bonds is 2. The van der Waals surface area contributed by atoms with Crippen molar-refractivity contribution >= 4 is 17.6 Å². The van der Waals surface area contributed by atoms with E-state index in [2.05, 4.69) is 4.98 Å². The minimum Gasteiger partial charge on any atom is -0.444 e. The molecule has 24 heavy (non-hydrogen) atoms. The Balaban J connectivity index is 2.02. The van der Waals surface area contributed by atoms with Crippen LogP contribution in [0.15, 0.2) is 24.4 Å². The van der Waals surface area contributed by atoms with E-state index in [9.17, 15) is 9.59 Å². The van der Waals surface area contributed by atoms with Crippen molar-refractivity contribution in [3.05, 3.63) is 35.7 Å². The quantitative estimate of drug-likeness (QED) is 0.836. The SMILES string of the molecule is CN(C)C(=O)c1ccc(C2=CCN(C(=O)OC(C)(C)C)CC2)nc1. The minimum absolute atomic E-state index is 0.0669. The third-order valence-electron chi connectivity index (χ3n) is 3.61. The van der Waals surface area contributed by atoms with Gasteiger partial charge in [0.1, 0.15) is 5.60 Å². The second-order valence-electron chi connectivity index (χ2n) is 7.04. The summed E-state index contributed by atoms with van der Waals surface area (Å²) in [6.07, 6.45) is 4.01. The average Bonchev–Trinajstić information content (AvgIpc) is 2.53. The molecule has 2 rings (SSSR count). The minimum atomic E-state index is -0.489. The first kappa shape index (κ1) is 18.0. The summed E-state index contributed by atoms with van der Waals surface area (Å²) >= 11 is 0. The van der Waals surface area contributed by atoms with E-state index in [1.807, 2.05) is 32.9 Å². The van der Waals surface area contributed by atoms with Gasteiger partial charge in [-0.1, -0.05) is 6.08 Å². The topological polar surface area (TPSA) is 62.7 Å². The van der Waals surface area contributed by atoms with Crippen LogP contribution in [0.2, 0.25) is 0 Å². The van der Waals surface area contributed by atoms with Gasteiger partial charge in [-0.3, -0.25) is 9.78 Å². The van der Waals surface area contributed by atoms with Crippen LogP contribution < -0.4 is 0 Å². The zero-order valence-corrected chi connectivity index (χ0v) is 15.0. The Morgan fingerprint density at radius 2 is 1.96 bits per heavy atom. The first-order valence-corrected chi connectivity index (χ1v) is 8.02. The normalized spacial score (nSPS) is 14.9. The molecule has 0 bridgehead atoms. The lowest BCUT2D eigenvalue weighted by molar-refractivity contribution is 0.0270. The van der Waals surface area contributed by atoms with Crippen molar-refractivity contribution in [2.45, 2.75) is 32.8 Å². The maximum atomic E-state index is 12.1. The van der Waals surface area contributed by atoms with Crippen LogP contribution in [-0.2, 0) is 4.74 Å². The van der Waals surface area contributed by atoms with Crippen molar-refractivity contribution in [1.29, 1.82) is 0 Å². The third kappa shape index (κ3) is 4.57. The summed E-state index contributed by atoms with van der Waals surface area (Å²) in [4.78, 5) is 31.5. The molecule has 0 N–H and O–H groups in total.